The van der Waals surface area contributed by atoms with Crippen LogP contribution in [0.5, 0.6) is 5.75 Å². The lowest BCUT2D eigenvalue weighted by atomic mass is 9.80. The Labute approximate surface area is 126 Å². The minimum Gasteiger partial charge on any atom is -0.496 e. The predicted molar refractivity (Wildman–Crippen MR) is 81.2 cm³/mol. The van der Waals surface area contributed by atoms with Gasteiger partial charge in [0.25, 0.3) is 0 Å². The van der Waals surface area contributed by atoms with Gasteiger partial charge < -0.3 is 9.84 Å². The van der Waals surface area contributed by atoms with E-state index in [0.717, 1.165) is 23.3 Å². The van der Waals surface area contributed by atoms with Gasteiger partial charge in [0.2, 0.25) is 0 Å². The highest BCUT2D eigenvalue weighted by molar-refractivity contribution is 7.92. The molecule has 2 bridgehead atoms. The standard InChI is InChI=1S/C16H22O4S/c1-11-8-12(6-7-15(11)20-2)16(17)9-13-4-3-5-14(10-16)21(13,18)19/h6-8,13-14,17H,3-5,9-10H2,1-2H3. The quantitative estimate of drug-likeness (QED) is 0.910. The zero-order valence-electron chi connectivity index (χ0n) is 12.5. The average molecular weight is 310 g/mol. The summed E-state index contributed by atoms with van der Waals surface area (Å²) in [6.45, 7) is 1.94. The Balaban J connectivity index is 1.97. The number of methoxy groups -OCH3 is 1. The van der Waals surface area contributed by atoms with Crippen molar-refractivity contribution in [1.29, 1.82) is 0 Å². The first-order chi connectivity index (χ1) is 9.87. The van der Waals surface area contributed by atoms with Crippen molar-refractivity contribution < 1.29 is 18.3 Å². The fourth-order valence-electron chi connectivity index (χ4n) is 3.85. The molecule has 4 nitrogen and oxygen atoms in total. The van der Waals surface area contributed by atoms with Crippen LogP contribution < -0.4 is 4.74 Å². The van der Waals surface area contributed by atoms with Gasteiger partial charge in [-0.2, -0.15) is 0 Å². The van der Waals surface area contributed by atoms with Gasteiger partial charge in [0.1, 0.15) is 5.75 Å². The number of hydrogen-bond acceptors (Lipinski definition) is 4. The number of ether oxygens (including phenoxy) is 1. The molecule has 2 aliphatic heterocycles. The molecule has 2 aliphatic rings. The fourth-order valence-corrected chi connectivity index (χ4v) is 6.40. The number of fused-ring (bicyclic) bond motifs is 2. The van der Waals surface area contributed by atoms with E-state index in [1.54, 1.807) is 7.11 Å². The molecule has 5 heteroatoms. The van der Waals surface area contributed by atoms with Crippen LogP contribution in [0.25, 0.3) is 0 Å². The van der Waals surface area contributed by atoms with Crippen LogP contribution in [0.1, 0.15) is 43.2 Å². The Morgan fingerprint density at radius 2 is 1.86 bits per heavy atom. The third-order valence-corrected chi connectivity index (χ3v) is 7.71. The second-order valence-electron chi connectivity index (χ2n) is 6.39. The summed E-state index contributed by atoms with van der Waals surface area (Å²) in [7, 11) is -1.43. The Bertz CT molecular complexity index is 630. The second kappa shape index (κ2) is 4.99. The van der Waals surface area contributed by atoms with Crippen molar-refractivity contribution in [2.75, 3.05) is 7.11 Å². The predicted octanol–water partition coefficient (Wildman–Crippen LogP) is 2.32. The van der Waals surface area contributed by atoms with Crippen LogP contribution in [-0.4, -0.2) is 31.1 Å². The van der Waals surface area contributed by atoms with Crippen molar-refractivity contribution in [3.63, 3.8) is 0 Å². The van der Waals surface area contributed by atoms with Crippen molar-refractivity contribution in [3.05, 3.63) is 29.3 Å². The minimum atomic E-state index is -3.05. The number of hydrogen-bond donors (Lipinski definition) is 1. The second-order valence-corrected chi connectivity index (χ2v) is 8.90. The van der Waals surface area contributed by atoms with E-state index in [1.807, 2.05) is 25.1 Å². The van der Waals surface area contributed by atoms with E-state index in [-0.39, 0.29) is 0 Å². The summed E-state index contributed by atoms with van der Waals surface area (Å²) >= 11 is 0. The largest absolute Gasteiger partial charge is 0.496 e. The molecule has 0 amide bonds. The third kappa shape index (κ3) is 2.36. The van der Waals surface area contributed by atoms with E-state index in [2.05, 4.69) is 0 Å². The van der Waals surface area contributed by atoms with Crippen LogP contribution in [0.15, 0.2) is 18.2 Å². The molecule has 0 saturated carbocycles. The molecule has 3 rings (SSSR count). The molecular weight excluding hydrogens is 288 g/mol. The van der Waals surface area contributed by atoms with E-state index in [4.69, 9.17) is 4.74 Å². The first-order valence-electron chi connectivity index (χ1n) is 7.47. The van der Waals surface area contributed by atoms with Crippen molar-refractivity contribution in [1.82, 2.24) is 0 Å². The highest BCUT2D eigenvalue weighted by Crippen LogP contribution is 2.46. The molecule has 0 aromatic heterocycles. The number of rotatable bonds is 2. The van der Waals surface area contributed by atoms with Gasteiger partial charge in [-0.3, -0.25) is 0 Å². The molecule has 1 N–H and O–H groups in total. The van der Waals surface area contributed by atoms with E-state index >= 15 is 0 Å². The summed E-state index contributed by atoms with van der Waals surface area (Å²) in [5, 5.41) is 10.3. The Hall–Kier alpha value is -1.07. The molecule has 2 saturated heterocycles. The molecule has 116 valence electrons. The Morgan fingerprint density at radius 3 is 2.38 bits per heavy atom. The van der Waals surface area contributed by atoms with Gasteiger partial charge in [-0.15, -0.1) is 0 Å². The van der Waals surface area contributed by atoms with Gasteiger partial charge >= 0.3 is 0 Å². The summed E-state index contributed by atoms with van der Waals surface area (Å²) in [5.74, 6) is 0.783. The number of sulfone groups is 1. The van der Waals surface area contributed by atoms with Gasteiger partial charge in [0.15, 0.2) is 9.84 Å². The lowest BCUT2D eigenvalue weighted by Gasteiger charge is -2.44. The van der Waals surface area contributed by atoms with Crippen LogP contribution in [-0.2, 0) is 15.4 Å². The van der Waals surface area contributed by atoms with E-state index in [9.17, 15) is 13.5 Å². The van der Waals surface area contributed by atoms with E-state index < -0.39 is 25.9 Å². The van der Waals surface area contributed by atoms with Gasteiger partial charge in [-0.25, -0.2) is 8.42 Å². The maximum atomic E-state index is 12.4. The molecule has 0 aliphatic carbocycles. The molecular formula is C16H22O4S. The molecule has 1 aromatic rings. The molecule has 2 fully saturated rings. The fraction of sp³-hybridized carbons (Fsp3) is 0.625. The first kappa shape index (κ1) is 14.9. The summed E-state index contributed by atoms with van der Waals surface area (Å²) in [5.41, 5.74) is 0.743. The normalized spacial score (nSPS) is 34.4. The maximum absolute atomic E-state index is 12.4. The summed E-state index contributed by atoms with van der Waals surface area (Å²) in [4.78, 5) is 0. The molecule has 0 spiro atoms. The summed E-state index contributed by atoms with van der Waals surface area (Å²) < 4.78 is 30.0. The molecule has 2 atom stereocenters. The van der Waals surface area contributed by atoms with Gasteiger partial charge in [0.05, 0.1) is 23.2 Å². The van der Waals surface area contributed by atoms with Crippen LogP contribution in [0.2, 0.25) is 0 Å². The topological polar surface area (TPSA) is 63.6 Å². The monoisotopic (exact) mass is 310 g/mol. The van der Waals surface area contributed by atoms with Crippen LogP contribution in [0, 0.1) is 6.92 Å². The number of benzene rings is 1. The highest BCUT2D eigenvalue weighted by Gasteiger charge is 2.50. The van der Waals surface area contributed by atoms with Gasteiger partial charge in [-0.1, -0.05) is 12.5 Å². The zero-order chi connectivity index (χ0) is 15.3. The maximum Gasteiger partial charge on any atom is 0.156 e. The van der Waals surface area contributed by atoms with Crippen molar-refractivity contribution in [2.45, 2.75) is 55.1 Å². The number of aliphatic hydroxyl groups is 1. The summed E-state index contributed by atoms with van der Waals surface area (Å²) in [6.07, 6.45) is 2.94. The zero-order valence-corrected chi connectivity index (χ0v) is 13.3. The minimum absolute atomic E-state index is 0.317. The van der Waals surface area contributed by atoms with Crippen molar-refractivity contribution in [2.24, 2.45) is 0 Å². The SMILES string of the molecule is COc1ccc(C2(O)CC3CCCC(C2)S3(=O)=O)cc1C. The summed E-state index contributed by atoms with van der Waals surface area (Å²) in [6, 6.07) is 5.63. The van der Waals surface area contributed by atoms with Crippen LogP contribution in [0.3, 0.4) is 0 Å². The van der Waals surface area contributed by atoms with Crippen LogP contribution in [0.4, 0.5) is 0 Å². The molecule has 21 heavy (non-hydrogen) atoms. The molecule has 2 unspecified atom stereocenters. The Morgan fingerprint density at radius 1 is 1.24 bits per heavy atom. The lowest BCUT2D eigenvalue weighted by Crippen LogP contribution is -2.50. The molecule has 2 heterocycles. The Kier molecular flexibility index (Phi) is 3.53. The highest BCUT2D eigenvalue weighted by atomic mass is 32.2. The molecule has 0 radical (unpaired) electrons. The molecule has 1 aromatic carbocycles. The lowest BCUT2D eigenvalue weighted by molar-refractivity contribution is 0.00492. The average Bonchev–Trinajstić information content (AvgIpc) is 2.40. The van der Waals surface area contributed by atoms with Crippen LogP contribution >= 0.6 is 0 Å². The smallest absolute Gasteiger partial charge is 0.156 e. The van der Waals surface area contributed by atoms with Gasteiger partial charge in [-0.05, 0) is 55.9 Å². The van der Waals surface area contributed by atoms with E-state index in [0.29, 0.717) is 25.7 Å². The first-order valence-corrected chi connectivity index (χ1v) is 9.08. The third-order valence-electron chi connectivity index (χ3n) is 5.04. The van der Waals surface area contributed by atoms with Crippen molar-refractivity contribution in [3.8, 4) is 5.75 Å². The number of aryl methyl sites for hydroxylation is 1. The van der Waals surface area contributed by atoms with Gasteiger partial charge in [0, 0.05) is 0 Å². The van der Waals surface area contributed by atoms with Crippen molar-refractivity contribution >= 4 is 9.84 Å². The van der Waals surface area contributed by atoms with E-state index in [1.165, 1.54) is 0 Å².